The van der Waals surface area contributed by atoms with Crippen LogP contribution in [0.15, 0.2) is 97.3 Å². The third-order valence-corrected chi connectivity index (χ3v) is 7.90. The molecule has 34 heavy (non-hydrogen) atoms. The van der Waals surface area contributed by atoms with Crippen molar-refractivity contribution in [1.29, 1.82) is 0 Å². The third-order valence-electron chi connectivity index (χ3n) is 7.90. The van der Waals surface area contributed by atoms with Crippen LogP contribution in [0.5, 0.6) is 0 Å². The Labute approximate surface area is 201 Å². The van der Waals surface area contributed by atoms with Crippen molar-refractivity contribution >= 4 is 12.6 Å². The molecule has 0 amide bonds. The summed E-state index contributed by atoms with van der Waals surface area (Å²) >= 11 is 0. The van der Waals surface area contributed by atoms with Crippen molar-refractivity contribution in [2.24, 2.45) is 0 Å². The van der Waals surface area contributed by atoms with E-state index in [2.05, 4.69) is 112 Å². The maximum absolute atomic E-state index is 6.43. The molecule has 1 fully saturated rings. The smallest absolute Gasteiger partial charge is 0.399 e. The van der Waals surface area contributed by atoms with Crippen LogP contribution >= 0.6 is 0 Å². The van der Waals surface area contributed by atoms with Gasteiger partial charge in [0.15, 0.2) is 0 Å². The molecule has 0 bridgehead atoms. The van der Waals surface area contributed by atoms with Crippen molar-refractivity contribution in [3.63, 3.8) is 0 Å². The second-order valence-corrected chi connectivity index (χ2v) is 10.3. The van der Waals surface area contributed by atoms with E-state index in [1.54, 1.807) is 0 Å². The van der Waals surface area contributed by atoms with Gasteiger partial charge in [-0.1, -0.05) is 78.9 Å². The number of benzene rings is 3. The number of rotatable bonds is 3. The van der Waals surface area contributed by atoms with Crippen LogP contribution in [0.3, 0.4) is 0 Å². The fourth-order valence-electron chi connectivity index (χ4n) is 5.48. The minimum Gasteiger partial charge on any atom is -0.399 e. The monoisotopic (exact) mass is 445 g/mol. The van der Waals surface area contributed by atoms with E-state index in [0.29, 0.717) is 0 Å². The molecule has 0 spiro atoms. The van der Waals surface area contributed by atoms with Crippen LogP contribution in [0, 0.1) is 0 Å². The van der Waals surface area contributed by atoms with Gasteiger partial charge in [0, 0.05) is 12.4 Å². The summed E-state index contributed by atoms with van der Waals surface area (Å²) in [4.78, 5) is 4.53. The second kappa shape index (κ2) is 7.40. The van der Waals surface area contributed by atoms with Crippen LogP contribution in [-0.4, -0.2) is 23.3 Å². The molecule has 3 aromatic carbocycles. The molecule has 1 atom stereocenters. The Morgan fingerprint density at radius 1 is 0.647 bits per heavy atom. The van der Waals surface area contributed by atoms with Gasteiger partial charge in [-0.25, -0.2) is 0 Å². The van der Waals surface area contributed by atoms with E-state index in [4.69, 9.17) is 9.31 Å². The topological polar surface area (TPSA) is 31.4 Å². The molecular weight excluding hydrogens is 417 g/mol. The third kappa shape index (κ3) is 2.89. The van der Waals surface area contributed by atoms with Gasteiger partial charge in [0.1, 0.15) is 0 Å². The van der Waals surface area contributed by atoms with Crippen molar-refractivity contribution < 1.29 is 9.31 Å². The lowest BCUT2D eigenvalue weighted by molar-refractivity contribution is 0.00578. The highest BCUT2D eigenvalue weighted by Crippen LogP contribution is 2.55. The minimum absolute atomic E-state index is 0.389. The van der Waals surface area contributed by atoms with Gasteiger partial charge in [0.05, 0.1) is 16.6 Å². The maximum atomic E-state index is 6.43. The van der Waals surface area contributed by atoms with Gasteiger partial charge < -0.3 is 9.31 Å². The van der Waals surface area contributed by atoms with Crippen molar-refractivity contribution in [3.05, 3.63) is 120 Å². The predicted octanol–water partition coefficient (Wildman–Crippen LogP) is 5.74. The van der Waals surface area contributed by atoms with Crippen LogP contribution in [0.25, 0.3) is 11.1 Å². The summed E-state index contributed by atoms with van der Waals surface area (Å²) in [5, 5.41) is 0. The zero-order chi connectivity index (χ0) is 23.6. The average Bonchev–Trinajstić information content (AvgIpc) is 3.27. The standard InChI is InChI=1S/C30H28BNO2/c1-28(2)29(3,4)34-31(33-28)23-16-17-25-24-14-8-9-15-26(24)30(27(25)19-23,21-11-6-5-7-12-21)22-13-10-18-32-20-22/h5-20H,1-4H3/t30-/m0/s1. The molecule has 1 aliphatic carbocycles. The van der Waals surface area contributed by atoms with E-state index in [1.165, 1.54) is 27.8 Å². The van der Waals surface area contributed by atoms with Crippen LogP contribution < -0.4 is 5.46 Å². The summed E-state index contributed by atoms with van der Waals surface area (Å²) in [7, 11) is -0.415. The highest BCUT2D eigenvalue weighted by Gasteiger charge is 2.53. The molecule has 6 rings (SSSR count). The van der Waals surface area contributed by atoms with Crippen molar-refractivity contribution in [2.75, 3.05) is 0 Å². The zero-order valence-electron chi connectivity index (χ0n) is 20.1. The minimum atomic E-state index is -0.471. The molecule has 0 unspecified atom stereocenters. The van der Waals surface area contributed by atoms with Crippen LogP contribution in [-0.2, 0) is 14.7 Å². The molecule has 1 aromatic heterocycles. The highest BCUT2D eigenvalue weighted by molar-refractivity contribution is 6.62. The van der Waals surface area contributed by atoms with Gasteiger partial charge in [-0.05, 0) is 72.6 Å². The SMILES string of the molecule is CC1(C)OB(c2ccc3c(c2)[C@@](c2ccccc2)(c2cccnc2)c2ccccc2-3)OC1(C)C. The van der Waals surface area contributed by atoms with Crippen LogP contribution in [0.2, 0.25) is 0 Å². The fourth-order valence-corrected chi connectivity index (χ4v) is 5.48. The zero-order valence-corrected chi connectivity index (χ0v) is 20.1. The van der Waals surface area contributed by atoms with Crippen LogP contribution in [0.4, 0.5) is 0 Å². The molecule has 3 nitrogen and oxygen atoms in total. The summed E-state index contributed by atoms with van der Waals surface area (Å²) in [5.74, 6) is 0. The number of hydrogen-bond acceptors (Lipinski definition) is 3. The molecular formula is C30H28BNO2. The Hall–Kier alpha value is -3.21. The maximum Gasteiger partial charge on any atom is 0.494 e. The Kier molecular flexibility index (Phi) is 4.64. The van der Waals surface area contributed by atoms with Gasteiger partial charge in [-0.2, -0.15) is 0 Å². The van der Waals surface area contributed by atoms with E-state index in [1.807, 2.05) is 18.5 Å². The Bertz CT molecular complexity index is 1310. The first-order chi connectivity index (χ1) is 16.3. The van der Waals surface area contributed by atoms with Crippen molar-refractivity contribution in [2.45, 2.75) is 44.3 Å². The van der Waals surface area contributed by atoms with E-state index < -0.39 is 12.5 Å². The normalized spacial score (nSPS) is 21.8. The summed E-state index contributed by atoms with van der Waals surface area (Å²) in [6, 6.07) is 30.4. The van der Waals surface area contributed by atoms with E-state index in [-0.39, 0.29) is 11.2 Å². The number of aromatic nitrogens is 1. The number of fused-ring (bicyclic) bond motifs is 3. The first kappa shape index (κ1) is 21.3. The van der Waals surface area contributed by atoms with Gasteiger partial charge in [-0.15, -0.1) is 0 Å². The largest absolute Gasteiger partial charge is 0.494 e. The highest BCUT2D eigenvalue weighted by atomic mass is 16.7. The lowest BCUT2D eigenvalue weighted by Crippen LogP contribution is -2.41. The first-order valence-electron chi connectivity index (χ1n) is 11.9. The second-order valence-electron chi connectivity index (χ2n) is 10.3. The van der Waals surface area contributed by atoms with Gasteiger partial charge in [0.25, 0.3) is 0 Å². The van der Waals surface area contributed by atoms with Gasteiger partial charge in [-0.3, -0.25) is 4.98 Å². The van der Waals surface area contributed by atoms with Crippen molar-refractivity contribution in [1.82, 2.24) is 4.98 Å². The Morgan fingerprint density at radius 2 is 1.29 bits per heavy atom. The quantitative estimate of drug-likeness (QED) is 0.332. The number of hydrogen-bond donors (Lipinski definition) is 0. The molecule has 168 valence electrons. The molecule has 1 aliphatic heterocycles. The number of pyridine rings is 1. The summed E-state index contributed by atoms with van der Waals surface area (Å²) in [6.07, 6.45) is 3.84. The molecule has 1 saturated heterocycles. The molecule has 2 aliphatic rings. The lowest BCUT2D eigenvalue weighted by Gasteiger charge is -2.33. The Balaban J connectivity index is 1.64. The summed E-state index contributed by atoms with van der Waals surface area (Å²) < 4.78 is 12.9. The summed E-state index contributed by atoms with van der Waals surface area (Å²) in [5.41, 5.74) is 7.16. The molecule has 4 heteroatoms. The van der Waals surface area contributed by atoms with Gasteiger partial charge >= 0.3 is 7.12 Å². The Morgan fingerprint density at radius 3 is 2.00 bits per heavy atom. The lowest BCUT2D eigenvalue weighted by atomic mass is 9.66. The van der Waals surface area contributed by atoms with E-state index in [9.17, 15) is 0 Å². The molecule has 0 N–H and O–H groups in total. The molecule has 0 saturated carbocycles. The molecule has 0 radical (unpaired) electrons. The first-order valence-corrected chi connectivity index (χ1v) is 11.9. The number of nitrogens with zero attached hydrogens (tertiary/aromatic N) is 1. The van der Waals surface area contributed by atoms with Crippen LogP contribution in [0.1, 0.15) is 49.9 Å². The van der Waals surface area contributed by atoms with Crippen molar-refractivity contribution in [3.8, 4) is 11.1 Å². The molecule has 4 aromatic rings. The van der Waals surface area contributed by atoms with Gasteiger partial charge in [0.2, 0.25) is 0 Å². The van der Waals surface area contributed by atoms with E-state index >= 15 is 0 Å². The van der Waals surface area contributed by atoms with E-state index in [0.717, 1.165) is 11.0 Å². The predicted molar refractivity (Wildman–Crippen MR) is 137 cm³/mol. The fraction of sp³-hybridized carbons (Fsp3) is 0.233. The average molecular weight is 445 g/mol. The molecule has 2 heterocycles. The summed E-state index contributed by atoms with van der Waals surface area (Å²) in [6.45, 7) is 8.39.